The van der Waals surface area contributed by atoms with Crippen molar-refractivity contribution in [1.82, 2.24) is 9.97 Å². The van der Waals surface area contributed by atoms with Crippen LogP contribution in [0.2, 0.25) is 0 Å². The number of nitrogens with one attached hydrogen (secondary N) is 1. The summed E-state index contributed by atoms with van der Waals surface area (Å²) in [6.45, 7) is 1.98. The zero-order valence-corrected chi connectivity index (χ0v) is 11.3. The molecule has 1 unspecified atom stereocenters. The van der Waals surface area contributed by atoms with E-state index in [0.717, 1.165) is 15.9 Å². The minimum atomic E-state index is -0.00743. The summed E-state index contributed by atoms with van der Waals surface area (Å²) in [4.78, 5) is 8.26. The smallest absolute Gasteiger partial charge is 0.101 e. The Morgan fingerprint density at radius 1 is 1.39 bits per heavy atom. The molecule has 5 heteroatoms. The fourth-order valence-corrected chi connectivity index (χ4v) is 1.94. The SMILES string of the molecule is CC(Nc1ccc(Br)cc1C#N)c1cnccn1. The summed E-state index contributed by atoms with van der Waals surface area (Å²) in [5.41, 5.74) is 2.23. The third kappa shape index (κ3) is 2.84. The van der Waals surface area contributed by atoms with E-state index in [2.05, 4.69) is 37.3 Å². The second kappa shape index (κ2) is 5.61. The van der Waals surface area contributed by atoms with Crippen LogP contribution in [-0.2, 0) is 0 Å². The lowest BCUT2D eigenvalue weighted by Gasteiger charge is -2.15. The first kappa shape index (κ1) is 12.5. The number of anilines is 1. The zero-order valence-electron chi connectivity index (χ0n) is 9.76. The van der Waals surface area contributed by atoms with Crippen LogP contribution in [0.3, 0.4) is 0 Å². The first-order chi connectivity index (χ1) is 8.70. The van der Waals surface area contributed by atoms with Gasteiger partial charge in [0.1, 0.15) is 6.07 Å². The molecule has 2 aromatic rings. The molecule has 0 saturated heterocycles. The molecule has 0 amide bonds. The first-order valence-electron chi connectivity index (χ1n) is 5.43. The molecule has 90 valence electrons. The Morgan fingerprint density at radius 3 is 2.89 bits per heavy atom. The normalized spacial score (nSPS) is 11.6. The highest BCUT2D eigenvalue weighted by molar-refractivity contribution is 9.10. The van der Waals surface area contributed by atoms with Gasteiger partial charge in [-0.2, -0.15) is 5.26 Å². The van der Waals surface area contributed by atoms with Gasteiger partial charge in [-0.3, -0.25) is 9.97 Å². The van der Waals surface area contributed by atoms with E-state index in [1.165, 1.54) is 0 Å². The summed E-state index contributed by atoms with van der Waals surface area (Å²) in [7, 11) is 0. The Kier molecular flexibility index (Phi) is 3.90. The minimum absolute atomic E-state index is 0.00743. The molecule has 0 aliphatic heterocycles. The average Bonchev–Trinajstić information content (AvgIpc) is 2.41. The van der Waals surface area contributed by atoms with Gasteiger partial charge in [0.25, 0.3) is 0 Å². The molecule has 0 spiro atoms. The maximum absolute atomic E-state index is 9.09. The zero-order chi connectivity index (χ0) is 13.0. The van der Waals surface area contributed by atoms with Gasteiger partial charge < -0.3 is 5.32 Å². The van der Waals surface area contributed by atoms with Gasteiger partial charge in [-0.15, -0.1) is 0 Å². The van der Waals surface area contributed by atoms with Crippen LogP contribution >= 0.6 is 15.9 Å². The van der Waals surface area contributed by atoms with E-state index in [0.29, 0.717) is 5.56 Å². The molecule has 0 bridgehead atoms. The summed E-state index contributed by atoms with van der Waals surface area (Å²) in [6.07, 6.45) is 5.00. The maximum Gasteiger partial charge on any atom is 0.101 e. The second-order valence-corrected chi connectivity index (χ2v) is 4.71. The van der Waals surface area contributed by atoms with E-state index in [-0.39, 0.29) is 6.04 Å². The molecule has 1 aromatic heterocycles. The highest BCUT2D eigenvalue weighted by Gasteiger charge is 2.09. The number of rotatable bonds is 3. The third-order valence-corrected chi connectivity index (χ3v) is 2.99. The van der Waals surface area contributed by atoms with Crippen molar-refractivity contribution in [3.63, 3.8) is 0 Å². The maximum atomic E-state index is 9.09. The van der Waals surface area contributed by atoms with Gasteiger partial charge >= 0.3 is 0 Å². The van der Waals surface area contributed by atoms with E-state index >= 15 is 0 Å². The number of aromatic nitrogens is 2. The van der Waals surface area contributed by atoms with Gasteiger partial charge in [0.2, 0.25) is 0 Å². The summed E-state index contributed by atoms with van der Waals surface area (Å²) < 4.78 is 0.886. The molecule has 0 aliphatic carbocycles. The van der Waals surface area contributed by atoms with Crippen LogP contribution in [0.5, 0.6) is 0 Å². The van der Waals surface area contributed by atoms with E-state index in [1.807, 2.05) is 19.1 Å². The average molecular weight is 303 g/mol. The minimum Gasteiger partial charge on any atom is -0.376 e. The van der Waals surface area contributed by atoms with E-state index in [1.54, 1.807) is 24.7 Å². The van der Waals surface area contributed by atoms with Crippen molar-refractivity contribution in [3.8, 4) is 6.07 Å². The summed E-state index contributed by atoms with van der Waals surface area (Å²) in [5, 5.41) is 12.3. The lowest BCUT2D eigenvalue weighted by molar-refractivity contribution is 0.827. The van der Waals surface area contributed by atoms with Crippen LogP contribution in [0.25, 0.3) is 0 Å². The van der Waals surface area contributed by atoms with Gasteiger partial charge in [0.05, 0.1) is 29.2 Å². The summed E-state index contributed by atoms with van der Waals surface area (Å²) >= 11 is 3.35. The Bertz CT molecular complexity index is 577. The van der Waals surface area contributed by atoms with Gasteiger partial charge in [0.15, 0.2) is 0 Å². The lowest BCUT2D eigenvalue weighted by atomic mass is 10.1. The topological polar surface area (TPSA) is 61.6 Å². The van der Waals surface area contributed by atoms with Crippen LogP contribution in [-0.4, -0.2) is 9.97 Å². The Hall–Kier alpha value is -1.93. The Balaban J connectivity index is 2.22. The molecule has 4 nitrogen and oxygen atoms in total. The quantitative estimate of drug-likeness (QED) is 0.945. The molecule has 18 heavy (non-hydrogen) atoms. The number of benzene rings is 1. The van der Waals surface area contributed by atoms with E-state index in [4.69, 9.17) is 5.26 Å². The standard InChI is InChI=1S/C13H11BrN4/c1-9(13-8-16-4-5-17-13)18-12-3-2-11(14)6-10(12)7-15/h2-6,8-9,18H,1H3. The van der Waals surface area contributed by atoms with Crippen LogP contribution < -0.4 is 5.32 Å². The number of nitriles is 1. The molecule has 0 fully saturated rings. The van der Waals surface area contributed by atoms with Crippen LogP contribution in [0.1, 0.15) is 24.2 Å². The molecular formula is C13H11BrN4. The largest absolute Gasteiger partial charge is 0.376 e. The monoisotopic (exact) mass is 302 g/mol. The highest BCUT2D eigenvalue weighted by Crippen LogP contribution is 2.23. The second-order valence-electron chi connectivity index (χ2n) is 3.80. The molecule has 1 heterocycles. The Morgan fingerprint density at radius 2 is 2.22 bits per heavy atom. The van der Waals surface area contributed by atoms with Crippen LogP contribution in [0, 0.1) is 11.3 Å². The molecule has 1 N–H and O–H groups in total. The fraction of sp³-hybridized carbons (Fsp3) is 0.154. The van der Waals surface area contributed by atoms with Crippen molar-refractivity contribution in [3.05, 3.63) is 52.5 Å². The molecule has 1 atom stereocenters. The number of hydrogen-bond donors (Lipinski definition) is 1. The number of nitrogens with zero attached hydrogens (tertiary/aromatic N) is 3. The predicted molar refractivity (Wildman–Crippen MR) is 72.9 cm³/mol. The summed E-state index contributed by atoms with van der Waals surface area (Å²) in [5.74, 6) is 0. The van der Waals surface area contributed by atoms with Gasteiger partial charge in [-0.1, -0.05) is 15.9 Å². The first-order valence-corrected chi connectivity index (χ1v) is 6.22. The van der Waals surface area contributed by atoms with Crippen molar-refractivity contribution in [1.29, 1.82) is 5.26 Å². The molecule has 2 rings (SSSR count). The van der Waals surface area contributed by atoms with Crippen molar-refractivity contribution >= 4 is 21.6 Å². The van der Waals surface area contributed by atoms with Crippen molar-refractivity contribution < 1.29 is 0 Å². The van der Waals surface area contributed by atoms with E-state index < -0.39 is 0 Å². The number of halogens is 1. The van der Waals surface area contributed by atoms with Crippen LogP contribution in [0.4, 0.5) is 5.69 Å². The molecule has 1 aromatic carbocycles. The molecular weight excluding hydrogens is 292 g/mol. The molecule has 0 aliphatic rings. The van der Waals surface area contributed by atoms with Crippen LogP contribution in [0.15, 0.2) is 41.3 Å². The Labute approximate surface area is 114 Å². The van der Waals surface area contributed by atoms with Crippen molar-refractivity contribution in [2.24, 2.45) is 0 Å². The summed E-state index contributed by atoms with van der Waals surface area (Å²) in [6, 6.07) is 7.71. The van der Waals surface area contributed by atoms with Gasteiger partial charge in [-0.25, -0.2) is 0 Å². The highest BCUT2D eigenvalue weighted by atomic mass is 79.9. The fourth-order valence-electron chi connectivity index (χ4n) is 1.58. The third-order valence-electron chi connectivity index (χ3n) is 2.50. The predicted octanol–water partition coefficient (Wildman–Crippen LogP) is 3.28. The van der Waals surface area contributed by atoms with Gasteiger partial charge in [-0.05, 0) is 25.1 Å². The number of hydrogen-bond acceptors (Lipinski definition) is 4. The van der Waals surface area contributed by atoms with Gasteiger partial charge in [0, 0.05) is 16.9 Å². The van der Waals surface area contributed by atoms with E-state index in [9.17, 15) is 0 Å². The molecule has 0 saturated carbocycles. The van der Waals surface area contributed by atoms with Crippen molar-refractivity contribution in [2.45, 2.75) is 13.0 Å². The van der Waals surface area contributed by atoms with Crippen molar-refractivity contribution in [2.75, 3.05) is 5.32 Å². The lowest BCUT2D eigenvalue weighted by Crippen LogP contribution is -2.09. The molecule has 0 radical (unpaired) electrons.